The van der Waals surface area contributed by atoms with Gasteiger partial charge >= 0.3 is 0 Å². The van der Waals surface area contributed by atoms with E-state index in [1.54, 1.807) is 0 Å². The normalized spacial score (nSPS) is 21.9. The Kier molecular flexibility index (Phi) is 5.50. The fourth-order valence-corrected chi connectivity index (χ4v) is 3.91. The fraction of sp³-hybridized carbons (Fsp3) is 0.650. The molecule has 1 aliphatic heterocycles. The number of piperidine rings is 1. The standard InChI is InChI=1S/C20H28N4O2.ClH/c1-4-5-14-17-13(10-15(12-6-7-12)22-18(17)26-23-14)19(25)24-9-8-16(21)20(2,3)11-24;/h10,12,16H,4-9,11,21H2,1-3H3;1H. The maximum absolute atomic E-state index is 13.4. The monoisotopic (exact) mass is 392 g/mol. The van der Waals surface area contributed by atoms with Crippen LogP contribution in [0.1, 0.15) is 74.1 Å². The van der Waals surface area contributed by atoms with Gasteiger partial charge in [-0.2, -0.15) is 0 Å². The molecule has 27 heavy (non-hydrogen) atoms. The Morgan fingerprint density at radius 3 is 2.74 bits per heavy atom. The molecule has 0 bridgehead atoms. The van der Waals surface area contributed by atoms with Crippen molar-refractivity contribution in [1.82, 2.24) is 15.0 Å². The van der Waals surface area contributed by atoms with Gasteiger partial charge in [0.05, 0.1) is 16.6 Å². The molecule has 2 aromatic heterocycles. The van der Waals surface area contributed by atoms with Crippen LogP contribution in [0.3, 0.4) is 0 Å². The van der Waals surface area contributed by atoms with Gasteiger partial charge in [0.2, 0.25) is 0 Å². The summed E-state index contributed by atoms with van der Waals surface area (Å²) in [4.78, 5) is 20.0. The van der Waals surface area contributed by atoms with E-state index in [2.05, 4.69) is 30.9 Å². The molecule has 1 saturated heterocycles. The van der Waals surface area contributed by atoms with Crippen molar-refractivity contribution in [3.05, 3.63) is 23.0 Å². The first-order chi connectivity index (χ1) is 12.4. The third kappa shape index (κ3) is 3.69. The molecular formula is C20H29ClN4O2. The highest BCUT2D eigenvalue weighted by atomic mass is 35.5. The van der Waals surface area contributed by atoms with Gasteiger partial charge in [-0.1, -0.05) is 32.3 Å². The average Bonchev–Trinajstić information content (AvgIpc) is 3.38. The van der Waals surface area contributed by atoms with Crippen LogP contribution in [-0.2, 0) is 6.42 Å². The Bertz CT molecular complexity index is 844. The fourth-order valence-electron chi connectivity index (χ4n) is 3.91. The number of nitrogens with zero attached hydrogens (tertiary/aromatic N) is 3. The van der Waals surface area contributed by atoms with E-state index in [1.807, 2.05) is 11.0 Å². The molecule has 2 aliphatic rings. The number of aromatic nitrogens is 2. The lowest BCUT2D eigenvalue weighted by Gasteiger charge is -2.42. The minimum Gasteiger partial charge on any atom is -0.338 e. The number of nitrogens with two attached hydrogens (primary N) is 1. The average molecular weight is 393 g/mol. The van der Waals surface area contributed by atoms with Crippen LogP contribution in [0.4, 0.5) is 0 Å². The SMILES string of the molecule is CCCc1noc2nc(C3CC3)cc(C(=O)N3CCC(N)C(C)(C)C3)c12.Cl. The second-order valence-electron chi connectivity index (χ2n) is 8.54. The predicted octanol–water partition coefficient (Wildman–Crippen LogP) is 3.67. The maximum Gasteiger partial charge on any atom is 0.259 e. The first-order valence-electron chi connectivity index (χ1n) is 9.74. The van der Waals surface area contributed by atoms with Crippen molar-refractivity contribution in [2.24, 2.45) is 11.1 Å². The van der Waals surface area contributed by atoms with E-state index in [0.717, 1.165) is 48.9 Å². The van der Waals surface area contributed by atoms with Crippen LogP contribution in [0, 0.1) is 5.41 Å². The van der Waals surface area contributed by atoms with Crippen LogP contribution in [0.5, 0.6) is 0 Å². The summed E-state index contributed by atoms with van der Waals surface area (Å²) in [6.45, 7) is 7.74. The van der Waals surface area contributed by atoms with E-state index < -0.39 is 0 Å². The number of hydrogen-bond donors (Lipinski definition) is 1. The molecule has 6 nitrogen and oxygen atoms in total. The molecule has 0 spiro atoms. The van der Waals surface area contributed by atoms with Gasteiger partial charge in [-0.25, -0.2) is 4.98 Å². The molecular weight excluding hydrogens is 364 g/mol. The van der Waals surface area contributed by atoms with Crippen molar-refractivity contribution in [3.8, 4) is 0 Å². The number of aryl methyl sites for hydroxylation is 1. The summed E-state index contributed by atoms with van der Waals surface area (Å²) in [5.41, 5.74) is 9.18. The molecule has 1 amide bonds. The van der Waals surface area contributed by atoms with Gasteiger partial charge in [0.15, 0.2) is 0 Å². The zero-order chi connectivity index (χ0) is 18.5. The van der Waals surface area contributed by atoms with Crippen molar-refractivity contribution < 1.29 is 9.32 Å². The Balaban J connectivity index is 0.00000210. The molecule has 148 valence electrons. The summed E-state index contributed by atoms with van der Waals surface area (Å²) >= 11 is 0. The number of fused-ring (bicyclic) bond motifs is 1. The van der Waals surface area contributed by atoms with Crippen molar-refractivity contribution in [1.29, 1.82) is 0 Å². The van der Waals surface area contributed by atoms with Gasteiger partial charge in [-0.15, -0.1) is 12.4 Å². The van der Waals surface area contributed by atoms with Crippen molar-refractivity contribution in [3.63, 3.8) is 0 Å². The summed E-state index contributed by atoms with van der Waals surface area (Å²) in [5, 5.41) is 5.01. The molecule has 1 saturated carbocycles. The van der Waals surface area contributed by atoms with Crippen LogP contribution in [0.25, 0.3) is 11.1 Å². The van der Waals surface area contributed by atoms with E-state index in [4.69, 9.17) is 10.3 Å². The molecule has 1 unspecified atom stereocenters. The minimum absolute atomic E-state index is 0. The molecule has 4 rings (SSSR count). The zero-order valence-electron chi connectivity index (χ0n) is 16.3. The molecule has 7 heteroatoms. The highest BCUT2D eigenvalue weighted by Gasteiger charge is 2.37. The van der Waals surface area contributed by atoms with Gasteiger partial charge in [-0.05, 0) is 37.2 Å². The Morgan fingerprint density at radius 2 is 2.11 bits per heavy atom. The highest BCUT2D eigenvalue weighted by Crippen LogP contribution is 2.41. The largest absolute Gasteiger partial charge is 0.338 e. The van der Waals surface area contributed by atoms with Crippen molar-refractivity contribution in [2.45, 2.75) is 64.8 Å². The number of amides is 1. The first-order valence-corrected chi connectivity index (χ1v) is 9.74. The smallest absolute Gasteiger partial charge is 0.259 e. The van der Waals surface area contributed by atoms with Crippen LogP contribution in [0.2, 0.25) is 0 Å². The second-order valence-corrected chi connectivity index (χ2v) is 8.54. The minimum atomic E-state index is -0.0831. The van der Waals surface area contributed by atoms with Crippen LogP contribution < -0.4 is 5.73 Å². The Hall–Kier alpha value is -1.66. The summed E-state index contributed by atoms with van der Waals surface area (Å²) in [6, 6.07) is 2.11. The van der Waals surface area contributed by atoms with Gasteiger partial charge in [0, 0.05) is 30.7 Å². The lowest BCUT2D eigenvalue weighted by atomic mass is 9.79. The molecule has 3 heterocycles. The molecule has 2 fully saturated rings. The number of halogens is 1. The first kappa shape index (κ1) is 20.1. The van der Waals surface area contributed by atoms with Gasteiger partial charge in [-0.3, -0.25) is 4.79 Å². The molecule has 0 aromatic carbocycles. The lowest BCUT2D eigenvalue weighted by molar-refractivity contribution is 0.0534. The molecule has 2 aromatic rings. The summed E-state index contributed by atoms with van der Waals surface area (Å²) in [6.07, 6.45) is 4.83. The number of pyridine rings is 1. The van der Waals surface area contributed by atoms with E-state index in [-0.39, 0.29) is 29.8 Å². The van der Waals surface area contributed by atoms with Gasteiger partial charge in [0.1, 0.15) is 0 Å². The maximum atomic E-state index is 13.4. The van der Waals surface area contributed by atoms with Crippen LogP contribution in [-0.4, -0.2) is 40.1 Å². The van der Waals surface area contributed by atoms with Gasteiger partial charge in [0.25, 0.3) is 11.6 Å². The highest BCUT2D eigenvalue weighted by molar-refractivity contribution is 6.06. The summed E-state index contributed by atoms with van der Waals surface area (Å²) in [5.74, 6) is 0.511. The number of hydrogen-bond acceptors (Lipinski definition) is 5. The van der Waals surface area contributed by atoms with Crippen molar-refractivity contribution in [2.75, 3.05) is 13.1 Å². The van der Waals surface area contributed by atoms with E-state index in [1.165, 1.54) is 0 Å². The van der Waals surface area contributed by atoms with E-state index in [9.17, 15) is 4.79 Å². The number of carbonyl (C=O) groups is 1. The second kappa shape index (κ2) is 7.40. The number of likely N-dealkylation sites (tertiary alicyclic amines) is 1. The van der Waals surface area contributed by atoms with E-state index >= 15 is 0 Å². The molecule has 0 radical (unpaired) electrons. The Labute approximate surface area is 166 Å². The van der Waals surface area contributed by atoms with Crippen molar-refractivity contribution >= 4 is 29.4 Å². The number of rotatable bonds is 4. The number of carbonyl (C=O) groups excluding carboxylic acids is 1. The quantitative estimate of drug-likeness (QED) is 0.857. The zero-order valence-corrected chi connectivity index (χ0v) is 17.1. The third-order valence-electron chi connectivity index (χ3n) is 5.85. The van der Waals surface area contributed by atoms with Crippen LogP contribution >= 0.6 is 12.4 Å². The molecule has 2 N–H and O–H groups in total. The van der Waals surface area contributed by atoms with Gasteiger partial charge < -0.3 is 15.2 Å². The summed E-state index contributed by atoms with van der Waals surface area (Å²) < 4.78 is 5.50. The van der Waals surface area contributed by atoms with E-state index in [0.29, 0.717) is 30.3 Å². The predicted molar refractivity (Wildman–Crippen MR) is 107 cm³/mol. The molecule has 1 aliphatic carbocycles. The topological polar surface area (TPSA) is 85.2 Å². The lowest BCUT2D eigenvalue weighted by Crippen LogP contribution is -2.54. The third-order valence-corrected chi connectivity index (χ3v) is 5.85. The Morgan fingerprint density at radius 1 is 1.37 bits per heavy atom. The summed E-state index contributed by atoms with van der Waals surface area (Å²) in [7, 11) is 0. The van der Waals surface area contributed by atoms with Crippen LogP contribution in [0.15, 0.2) is 10.6 Å². The molecule has 1 atom stereocenters.